The normalized spacial score (nSPS) is 10.5. The van der Waals surface area contributed by atoms with Crippen molar-refractivity contribution in [2.24, 2.45) is 0 Å². The quantitative estimate of drug-likeness (QED) is 0.801. The lowest BCUT2D eigenvalue weighted by Gasteiger charge is -2.05. The van der Waals surface area contributed by atoms with Crippen molar-refractivity contribution >= 4 is 22.9 Å². The van der Waals surface area contributed by atoms with Crippen LogP contribution in [0.2, 0.25) is 0 Å². The zero-order valence-electron chi connectivity index (χ0n) is 11.4. The van der Waals surface area contributed by atoms with Gasteiger partial charge in [0.2, 0.25) is 5.91 Å². The topological polar surface area (TPSA) is 72.7 Å². The summed E-state index contributed by atoms with van der Waals surface area (Å²) in [6, 6.07) is 7.34. The van der Waals surface area contributed by atoms with Crippen LogP contribution in [0.5, 0.6) is 0 Å². The molecular formula is C14H13N5OS. The Labute approximate surface area is 125 Å². The fourth-order valence-corrected chi connectivity index (χ4v) is 2.50. The molecule has 1 N–H and O–H groups in total. The zero-order valence-corrected chi connectivity index (χ0v) is 12.2. The van der Waals surface area contributed by atoms with Crippen LogP contribution in [0, 0.1) is 6.92 Å². The number of aryl methyl sites for hydroxylation is 1. The van der Waals surface area contributed by atoms with Gasteiger partial charge in [-0.3, -0.25) is 4.79 Å². The molecule has 3 aromatic rings. The number of carbonyl (C=O) groups excluding carboxylic acids is 1. The predicted octanol–water partition coefficient (Wildman–Crippen LogP) is 2.21. The van der Waals surface area contributed by atoms with Crippen LogP contribution in [0.3, 0.4) is 0 Å². The van der Waals surface area contributed by atoms with Crippen LogP contribution in [0.25, 0.3) is 5.69 Å². The van der Waals surface area contributed by atoms with Crippen molar-refractivity contribution in [2.75, 3.05) is 5.32 Å². The minimum atomic E-state index is -0.0785. The average molecular weight is 299 g/mol. The highest BCUT2D eigenvalue weighted by atomic mass is 32.1. The van der Waals surface area contributed by atoms with E-state index in [0.717, 1.165) is 22.1 Å². The van der Waals surface area contributed by atoms with Crippen LogP contribution in [0.15, 0.2) is 42.0 Å². The standard InChI is InChI=1S/C14H13N5OS/c1-10-17-12(9-21-10)8-14(20)18-11-2-4-13(5-3-11)19-15-6-7-16-19/h2-7,9H,8H2,1H3,(H,18,20). The molecule has 0 unspecified atom stereocenters. The molecule has 7 heteroatoms. The smallest absolute Gasteiger partial charge is 0.230 e. The Morgan fingerprint density at radius 2 is 1.95 bits per heavy atom. The van der Waals surface area contributed by atoms with Gasteiger partial charge < -0.3 is 5.32 Å². The van der Waals surface area contributed by atoms with Crippen LogP contribution >= 0.6 is 11.3 Å². The minimum absolute atomic E-state index is 0.0785. The van der Waals surface area contributed by atoms with E-state index in [9.17, 15) is 4.79 Å². The molecule has 106 valence electrons. The number of nitrogens with one attached hydrogen (secondary N) is 1. The maximum Gasteiger partial charge on any atom is 0.230 e. The fraction of sp³-hybridized carbons (Fsp3) is 0.143. The third-order valence-corrected chi connectivity index (χ3v) is 3.63. The highest BCUT2D eigenvalue weighted by molar-refractivity contribution is 7.09. The second kappa shape index (κ2) is 5.84. The average Bonchev–Trinajstić information content (AvgIpc) is 3.11. The highest BCUT2D eigenvalue weighted by Crippen LogP contribution is 2.13. The van der Waals surface area contributed by atoms with E-state index in [1.54, 1.807) is 23.7 Å². The number of aromatic nitrogens is 4. The van der Waals surface area contributed by atoms with Gasteiger partial charge in [-0.25, -0.2) is 4.98 Å². The van der Waals surface area contributed by atoms with Crippen molar-refractivity contribution in [3.8, 4) is 5.69 Å². The molecule has 0 aliphatic carbocycles. The van der Waals surface area contributed by atoms with Crippen molar-refractivity contribution in [2.45, 2.75) is 13.3 Å². The minimum Gasteiger partial charge on any atom is -0.326 e. The van der Waals surface area contributed by atoms with Crippen molar-refractivity contribution < 1.29 is 4.79 Å². The van der Waals surface area contributed by atoms with Crippen LogP contribution in [0.1, 0.15) is 10.7 Å². The third kappa shape index (κ3) is 3.32. The molecule has 0 saturated carbocycles. The second-order valence-electron chi connectivity index (χ2n) is 4.45. The molecule has 2 heterocycles. The number of rotatable bonds is 4. The Morgan fingerprint density at radius 1 is 1.24 bits per heavy atom. The van der Waals surface area contributed by atoms with E-state index in [0.29, 0.717) is 0 Å². The van der Waals surface area contributed by atoms with E-state index in [-0.39, 0.29) is 12.3 Å². The first-order chi connectivity index (χ1) is 10.2. The number of carbonyl (C=O) groups is 1. The summed E-state index contributed by atoms with van der Waals surface area (Å²) in [4.78, 5) is 17.7. The van der Waals surface area contributed by atoms with Crippen molar-refractivity contribution in [3.05, 3.63) is 52.7 Å². The first-order valence-electron chi connectivity index (χ1n) is 6.38. The van der Waals surface area contributed by atoms with Gasteiger partial charge in [-0.15, -0.1) is 11.3 Å². The van der Waals surface area contributed by atoms with E-state index >= 15 is 0 Å². The molecule has 1 amide bonds. The van der Waals surface area contributed by atoms with E-state index < -0.39 is 0 Å². The molecule has 0 radical (unpaired) electrons. The number of nitrogens with zero attached hydrogens (tertiary/aromatic N) is 4. The molecule has 0 spiro atoms. The Morgan fingerprint density at radius 3 is 2.57 bits per heavy atom. The van der Waals surface area contributed by atoms with Gasteiger partial charge in [0, 0.05) is 11.1 Å². The number of thiazole rings is 1. The monoisotopic (exact) mass is 299 g/mol. The molecule has 3 rings (SSSR count). The van der Waals surface area contributed by atoms with Crippen molar-refractivity contribution in [1.29, 1.82) is 0 Å². The van der Waals surface area contributed by atoms with Crippen molar-refractivity contribution in [3.63, 3.8) is 0 Å². The highest BCUT2D eigenvalue weighted by Gasteiger charge is 2.07. The largest absolute Gasteiger partial charge is 0.326 e. The number of hydrogen-bond donors (Lipinski definition) is 1. The first kappa shape index (κ1) is 13.4. The van der Waals surface area contributed by atoms with Gasteiger partial charge in [-0.1, -0.05) is 0 Å². The zero-order chi connectivity index (χ0) is 14.7. The first-order valence-corrected chi connectivity index (χ1v) is 7.26. The Hall–Kier alpha value is -2.54. The van der Waals surface area contributed by atoms with Gasteiger partial charge in [0.1, 0.15) is 0 Å². The van der Waals surface area contributed by atoms with Gasteiger partial charge in [-0.05, 0) is 31.2 Å². The molecule has 21 heavy (non-hydrogen) atoms. The summed E-state index contributed by atoms with van der Waals surface area (Å²) in [5.74, 6) is -0.0785. The predicted molar refractivity (Wildman–Crippen MR) is 80.5 cm³/mol. The van der Waals surface area contributed by atoms with E-state index in [4.69, 9.17) is 0 Å². The molecule has 1 aromatic carbocycles. The third-order valence-electron chi connectivity index (χ3n) is 2.81. The van der Waals surface area contributed by atoms with Crippen LogP contribution in [0.4, 0.5) is 5.69 Å². The number of hydrogen-bond acceptors (Lipinski definition) is 5. The SMILES string of the molecule is Cc1nc(CC(=O)Nc2ccc(-n3nccn3)cc2)cs1. The lowest BCUT2D eigenvalue weighted by atomic mass is 10.2. The van der Waals surface area contributed by atoms with Crippen LogP contribution in [-0.2, 0) is 11.2 Å². The molecule has 0 saturated heterocycles. The molecule has 0 aliphatic heterocycles. The summed E-state index contributed by atoms with van der Waals surface area (Å²) >= 11 is 1.55. The number of benzene rings is 1. The number of anilines is 1. The maximum atomic E-state index is 11.9. The molecule has 0 aliphatic rings. The molecule has 0 atom stereocenters. The Bertz CT molecular complexity index is 733. The fourth-order valence-electron chi connectivity index (χ4n) is 1.89. The summed E-state index contributed by atoms with van der Waals surface area (Å²) in [5.41, 5.74) is 2.38. The van der Waals surface area contributed by atoms with Crippen LogP contribution in [-0.4, -0.2) is 25.9 Å². The lowest BCUT2D eigenvalue weighted by molar-refractivity contribution is -0.115. The maximum absolute atomic E-state index is 11.9. The second-order valence-corrected chi connectivity index (χ2v) is 5.51. The summed E-state index contributed by atoms with van der Waals surface area (Å²) in [5, 5.41) is 13.8. The summed E-state index contributed by atoms with van der Waals surface area (Å²) in [7, 11) is 0. The van der Waals surface area contributed by atoms with E-state index in [2.05, 4.69) is 20.5 Å². The molecule has 2 aromatic heterocycles. The summed E-state index contributed by atoms with van der Waals surface area (Å²) in [6.45, 7) is 1.92. The van der Waals surface area contributed by atoms with Gasteiger partial charge >= 0.3 is 0 Å². The molecule has 0 fully saturated rings. The number of amides is 1. The summed E-state index contributed by atoms with van der Waals surface area (Å²) in [6.07, 6.45) is 3.52. The van der Waals surface area contributed by atoms with E-state index in [1.807, 2.05) is 36.6 Å². The van der Waals surface area contributed by atoms with E-state index in [1.165, 1.54) is 4.80 Å². The van der Waals surface area contributed by atoms with Crippen LogP contribution < -0.4 is 5.32 Å². The molecule has 6 nitrogen and oxygen atoms in total. The molecular weight excluding hydrogens is 286 g/mol. The van der Waals surface area contributed by atoms with Gasteiger partial charge in [0.05, 0.1) is 35.2 Å². The van der Waals surface area contributed by atoms with Gasteiger partial charge in [-0.2, -0.15) is 15.0 Å². The van der Waals surface area contributed by atoms with Gasteiger partial charge in [0.15, 0.2) is 0 Å². The Kier molecular flexibility index (Phi) is 3.74. The summed E-state index contributed by atoms with van der Waals surface area (Å²) < 4.78 is 0. The Balaban J connectivity index is 1.63. The lowest BCUT2D eigenvalue weighted by Crippen LogP contribution is -2.14. The van der Waals surface area contributed by atoms with Gasteiger partial charge in [0.25, 0.3) is 0 Å². The molecule has 0 bridgehead atoms. The van der Waals surface area contributed by atoms with Crippen molar-refractivity contribution in [1.82, 2.24) is 20.0 Å².